The Labute approximate surface area is 211 Å². The quantitative estimate of drug-likeness (QED) is 0.439. The van der Waals surface area contributed by atoms with Crippen molar-refractivity contribution in [2.75, 3.05) is 0 Å². The number of carbonyl (C=O) groups excluding carboxylic acids is 6. The number of aliphatic carboxylic acids is 3. The van der Waals surface area contributed by atoms with Gasteiger partial charge in [0.25, 0.3) is 0 Å². The Morgan fingerprint density at radius 1 is 0.441 bits per heavy atom. The van der Waals surface area contributed by atoms with E-state index < -0.39 is 35.7 Å². The number of carbonyl (C=O) groups is 6. The summed E-state index contributed by atoms with van der Waals surface area (Å²) in [5.74, 6) is -5.65. The number of carboxylic acids is 3. The van der Waals surface area contributed by atoms with Gasteiger partial charge >= 0.3 is 0 Å². The SMILES string of the molecule is CC(=O)C1CCCC1C(=O)[O-].CC(=O)C1CCCC1C(=O)[O-].CC(=O)C1CCCC1C(=O)[O-].[V]. The Morgan fingerprint density at radius 3 is 0.735 bits per heavy atom. The average molecular weight is 516 g/mol. The number of rotatable bonds is 6. The summed E-state index contributed by atoms with van der Waals surface area (Å²) in [5.41, 5.74) is 0. The van der Waals surface area contributed by atoms with Gasteiger partial charge in [-0.25, -0.2) is 0 Å². The Morgan fingerprint density at radius 2 is 0.618 bits per heavy atom. The Bertz CT molecular complexity index is 604. The fourth-order valence-corrected chi connectivity index (χ4v) is 5.19. The van der Waals surface area contributed by atoms with Crippen LogP contribution in [0.5, 0.6) is 0 Å². The molecule has 10 heteroatoms. The van der Waals surface area contributed by atoms with Crippen molar-refractivity contribution >= 4 is 35.3 Å². The molecule has 0 amide bonds. The summed E-state index contributed by atoms with van der Waals surface area (Å²) in [6, 6.07) is 0. The van der Waals surface area contributed by atoms with Crippen LogP contribution in [-0.2, 0) is 47.3 Å². The molecule has 34 heavy (non-hydrogen) atoms. The van der Waals surface area contributed by atoms with Gasteiger partial charge in [-0.1, -0.05) is 19.3 Å². The molecule has 191 valence electrons. The first-order valence-electron chi connectivity index (χ1n) is 11.5. The summed E-state index contributed by atoms with van der Waals surface area (Å²) >= 11 is 0. The predicted molar refractivity (Wildman–Crippen MR) is 110 cm³/mol. The van der Waals surface area contributed by atoms with Crippen molar-refractivity contribution in [3.05, 3.63) is 0 Å². The maximum absolute atomic E-state index is 10.9. The molecule has 0 N–H and O–H groups in total. The summed E-state index contributed by atoms with van der Waals surface area (Å²) in [4.78, 5) is 64.0. The molecule has 0 aromatic carbocycles. The molecule has 0 aromatic heterocycles. The zero-order valence-electron chi connectivity index (χ0n) is 19.9. The Kier molecular flexibility index (Phi) is 14.2. The fourth-order valence-electron chi connectivity index (χ4n) is 5.19. The standard InChI is InChI=1S/3C8H12O3.V/c3*1-5(9)6-3-2-4-7(6)8(10)11;/h3*6-7H,2-4H2,1H3,(H,10,11);/p-3. The third kappa shape index (κ3) is 9.33. The summed E-state index contributed by atoms with van der Waals surface area (Å²) < 4.78 is 0. The first-order chi connectivity index (χ1) is 15.4. The van der Waals surface area contributed by atoms with Crippen LogP contribution in [0, 0.1) is 35.5 Å². The minimum atomic E-state index is -1.07. The number of hydrogen-bond acceptors (Lipinski definition) is 9. The molecule has 3 rings (SSSR count). The molecule has 6 atom stereocenters. The van der Waals surface area contributed by atoms with Gasteiger partial charge in [0.15, 0.2) is 0 Å². The van der Waals surface area contributed by atoms with Crippen LogP contribution in [-0.4, -0.2) is 35.3 Å². The molecule has 3 saturated carbocycles. The van der Waals surface area contributed by atoms with Crippen molar-refractivity contribution in [3.8, 4) is 0 Å². The molecular weight excluding hydrogens is 483 g/mol. The van der Waals surface area contributed by atoms with E-state index in [1.807, 2.05) is 0 Å². The van der Waals surface area contributed by atoms with E-state index in [9.17, 15) is 44.1 Å². The second kappa shape index (κ2) is 15.1. The second-order valence-electron chi connectivity index (χ2n) is 9.22. The van der Waals surface area contributed by atoms with E-state index in [1.54, 1.807) is 0 Å². The number of Topliss-reactive ketones (excluding diaryl/α,β-unsaturated/α-hetero) is 3. The minimum absolute atomic E-state index is 0. The van der Waals surface area contributed by atoms with Crippen molar-refractivity contribution in [1.82, 2.24) is 0 Å². The van der Waals surface area contributed by atoms with Crippen LogP contribution in [0.2, 0.25) is 0 Å². The number of carboxylic acid groups (broad SMARTS) is 3. The smallest absolute Gasteiger partial charge is 0.133 e. The van der Waals surface area contributed by atoms with E-state index in [4.69, 9.17) is 0 Å². The topological polar surface area (TPSA) is 172 Å². The molecule has 0 heterocycles. The summed E-state index contributed by atoms with van der Waals surface area (Å²) in [7, 11) is 0. The maximum Gasteiger partial charge on any atom is 0.133 e. The first-order valence-corrected chi connectivity index (χ1v) is 11.5. The molecule has 3 fully saturated rings. The van der Waals surface area contributed by atoms with Crippen LogP contribution in [0.3, 0.4) is 0 Å². The maximum atomic E-state index is 10.9. The van der Waals surface area contributed by atoms with Gasteiger partial charge in [-0.05, 0) is 59.3 Å². The van der Waals surface area contributed by atoms with Crippen molar-refractivity contribution < 1.29 is 62.6 Å². The van der Waals surface area contributed by atoms with Crippen LogP contribution in [0.4, 0.5) is 0 Å². The summed E-state index contributed by atoms with van der Waals surface area (Å²) in [5, 5.41) is 31.4. The van der Waals surface area contributed by atoms with Crippen molar-refractivity contribution in [3.63, 3.8) is 0 Å². The molecule has 0 spiro atoms. The van der Waals surface area contributed by atoms with Crippen LogP contribution in [0.15, 0.2) is 0 Å². The third-order valence-electron chi connectivity index (χ3n) is 7.02. The molecule has 3 aliphatic rings. The van der Waals surface area contributed by atoms with Crippen LogP contribution in [0.25, 0.3) is 0 Å². The normalized spacial score (nSPS) is 29.4. The van der Waals surface area contributed by atoms with Crippen molar-refractivity contribution in [2.24, 2.45) is 35.5 Å². The first kappa shape index (κ1) is 32.0. The molecule has 1 radical (unpaired) electrons. The van der Waals surface area contributed by atoms with Gasteiger partial charge < -0.3 is 29.7 Å². The molecule has 0 saturated heterocycles. The van der Waals surface area contributed by atoms with Gasteiger partial charge in [0.1, 0.15) is 17.3 Å². The fraction of sp³-hybridized carbons (Fsp3) is 0.750. The molecule has 0 aliphatic heterocycles. The number of hydrogen-bond donors (Lipinski definition) is 0. The van der Waals surface area contributed by atoms with Gasteiger partial charge in [0.05, 0.1) is 0 Å². The van der Waals surface area contributed by atoms with Crippen LogP contribution in [0.1, 0.15) is 78.6 Å². The van der Waals surface area contributed by atoms with Gasteiger partial charge in [0, 0.05) is 72.0 Å². The van der Waals surface area contributed by atoms with E-state index in [0.717, 1.165) is 19.3 Å². The van der Waals surface area contributed by atoms with E-state index in [0.29, 0.717) is 38.5 Å². The summed E-state index contributed by atoms with van der Waals surface area (Å²) in [6.45, 7) is 4.35. The van der Waals surface area contributed by atoms with Gasteiger partial charge in [-0.15, -0.1) is 0 Å². The third-order valence-corrected chi connectivity index (χ3v) is 7.02. The molecule has 0 aromatic rings. The van der Waals surface area contributed by atoms with Gasteiger partial charge in [-0.3, -0.25) is 14.4 Å². The Balaban J connectivity index is 0.000000473. The zero-order chi connectivity index (χ0) is 25.3. The van der Waals surface area contributed by atoms with Gasteiger partial charge in [0.2, 0.25) is 0 Å². The van der Waals surface area contributed by atoms with E-state index >= 15 is 0 Å². The number of ketones is 3. The average Bonchev–Trinajstić information content (AvgIpc) is 3.48. The predicted octanol–water partition coefficient (Wildman–Crippen LogP) is -0.778. The van der Waals surface area contributed by atoms with E-state index in [1.165, 1.54) is 20.8 Å². The molecular formula is C24H33O9V-3. The molecule has 0 bridgehead atoms. The van der Waals surface area contributed by atoms with Crippen LogP contribution >= 0.6 is 0 Å². The van der Waals surface area contributed by atoms with E-state index in [-0.39, 0.29) is 53.7 Å². The van der Waals surface area contributed by atoms with Gasteiger partial charge in [-0.2, -0.15) is 0 Å². The summed E-state index contributed by atoms with van der Waals surface area (Å²) in [6.07, 6.45) is 6.47. The second-order valence-corrected chi connectivity index (χ2v) is 9.22. The molecule has 3 aliphatic carbocycles. The van der Waals surface area contributed by atoms with Crippen molar-refractivity contribution in [2.45, 2.75) is 78.6 Å². The van der Waals surface area contributed by atoms with E-state index in [2.05, 4.69) is 0 Å². The zero-order valence-corrected chi connectivity index (χ0v) is 21.3. The van der Waals surface area contributed by atoms with Crippen LogP contribution < -0.4 is 15.3 Å². The minimum Gasteiger partial charge on any atom is -0.550 e. The largest absolute Gasteiger partial charge is 0.550 e. The molecule has 9 nitrogen and oxygen atoms in total. The van der Waals surface area contributed by atoms with Crippen molar-refractivity contribution in [1.29, 1.82) is 0 Å². The Hall–Kier alpha value is -2.00. The molecule has 6 unspecified atom stereocenters. The monoisotopic (exact) mass is 516 g/mol.